The van der Waals surface area contributed by atoms with E-state index in [0.717, 1.165) is 12.1 Å². The van der Waals surface area contributed by atoms with Crippen molar-refractivity contribution in [2.45, 2.75) is 26.9 Å². The van der Waals surface area contributed by atoms with E-state index in [2.05, 4.69) is 10.5 Å². The summed E-state index contributed by atoms with van der Waals surface area (Å²) in [6.45, 7) is 4.35. The molecular formula is C15H14F2N2O4. The Balaban J connectivity index is 2.07. The van der Waals surface area contributed by atoms with Gasteiger partial charge in [0.05, 0.1) is 5.69 Å². The van der Waals surface area contributed by atoms with Gasteiger partial charge in [-0.05, 0) is 32.9 Å². The number of hydrogen-bond donors (Lipinski definition) is 1. The molecule has 1 heterocycles. The van der Waals surface area contributed by atoms with Crippen LogP contribution in [0.25, 0.3) is 0 Å². The predicted octanol–water partition coefficient (Wildman–Crippen LogP) is 2.75. The van der Waals surface area contributed by atoms with Crippen LogP contribution in [-0.2, 0) is 9.53 Å². The van der Waals surface area contributed by atoms with Crippen molar-refractivity contribution in [3.63, 3.8) is 0 Å². The Morgan fingerprint density at radius 3 is 2.39 bits per heavy atom. The highest BCUT2D eigenvalue weighted by atomic mass is 19.1. The minimum Gasteiger partial charge on any atom is -0.449 e. The van der Waals surface area contributed by atoms with Gasteiger partial charge < -0.3 is 14.6 Å². The Bertz CT molecular complexity index is 718. The number of benzene rings is 1. The monoisotopic (exact) mass is 324 g/mol. The number of halogens is 2. The summed E-state index contributed by atoms with van der Waals surface area (Å²) in [6.07, 6.45) is -1.27. The van der Waals surface area contributed by atoms with E-state index in [1.165, 1.54) is 19.9 Å². The second kappa shape index (κ2) is 6.55. The molecule has 1 aromatic carbocycles. The zero-order valence-corrected chi connectivity index (χ0v) is 12.6. The highest BCUT2D eigenvalue weighted by Crippen LogP contribution is 2.19. The second-order valence-electron chi connectivity index (χ2n) is 4.83. The number of amides is 1. The largest absolute Gasteiger partial charge is 0.449 e. The first-order valence-corrected chi connectivity index (χ1v) is 6.70. The van der Waals surface area contributed by atoms with Crippen molar-refractivity contribution in [1.82, 2.24) is 5.16 Å². The molecule has 0 saturated heterocycles. The van der Waals surface area contributed by atoms with Crippen LogP contribution in [0, 0.1) is 25.5 Å². The van der Waals surface area contributed by atoms with Crippen molar-refractivity contribution in [1.29, 1.82) is 0 Å². The summed E-state index contributed by atoms with van der Waals surface area (Å²) in [5.41, 5.74) is -0.167. The number of para-hydroxylation sites is 1. The van der Waals surface area contributed by atoms with Gasteiger partial charge >= 0.3 is 5.97 Å². The molecular weight excluding hydrogens is 310 g/mol. The summed E-state index contributed by atoms with van der Waals surface area (Å²) >= 11 is 0. The number of ether oxygens (including phenoxy) is 1. The predicted molar refractivity (Wildman–Crippen MR) is 75.8 cm³/mol. The third-order valence-corrected chi connectivity index (χ3v) is 3.10. The minimum absolute atomic E-state index is 0.113. The molecule has 1 atom stereocenters. The summed E-state index contributed by atoms with van der Waals surface area (Å²) in [7, 11) is 0. The van der Waals surface area contributed by atoms with Gasteiger partial charge in [-0.2, -0.15) is 0 Å². The van der Waals surface area contributed by atoms with Gasteiger partial charge in [0, 0.05) is 0 Å². The molecule has 0 aliphatic heterocycles. The van der Waals surface area contributed by atoms with Crippen LogP contribution in [-0.4, -0.2) is 23.1 Å². The molecule has 0 radical (unpaired) electrons. The van der Waals surface area contributed by atoms with Crippen LogP contribution in [0.4, 0.5) is 14.5 Å². The van der Waals surface area contributed by atoms with Gasteiger partial charge in [0.2, 0.25) is 0 Å². The van der Waals surface area contributed by atoms with Crippen molar-refractivity contribution >= 4 is 17.6 Å². The Morgan fingerprint density at radius 2 is 1.87 bits per heavy atom. The molecule has 0 fully saturated rings. The molecule has 122 valence electrons. The average Bonchev–Trinajstić information content (AvgIpc) is 2.82. The minimum atomic E-state index is -1.27. The molecule has 8 heteroatoms. The Kier molecular flexibility index (Phi) is 4.73. The first-order valence-electron chi connectivity index (χ1n) is 6.70. The molecule has 0 bridgehead atoms. The van der Waals surface area contributed by atoms with Crippen molar-refractivity contribution in [2.24, 2.45) is 0 Å². The van der Waals surface area contributed by atoms with Gasteiger partial charge in [0.25, 0.3) is 5.91 Å². The van der Waals surface area contributed by atoms with Gasteiger partial charge in [0.1, 0.15) is 28.6 Å². The summed E-state index contributed by atoms with van der Waals surface area (Å²) in [4.78, 5) is 23.9. The third-order valence-electron chi connectivity index (χ3n) is 3.10. The summed E-state index contributed by atoms with van der Waals surface area (Å²) < 4.78 is 36.8. The van der Waals surface area contributed by atoms with Crippen molar-refractivity contribution in [3.8, 4) is 0 Å². The molecule has 0 aliphatic rings. The standard InChI is InChI=1S/C15H14F2N2O4/c1-7-12(8(2)23-19-7)15(21)22-9(3)14(20)18-13-10(16)5-4-6-11(13)17/h4-6,9H,1-3H3,(H,18,20). The van der Waals surface area contributed by atoms with E-state index in [1.807, 2.05) is 0 Å². The van der Waals surface area contributed by atoms with Crippen LogP contribution >= 0.6 is 0 Å². The number of aryl methyl sites for hydroxylation is 2. The summed E-state index contributed by atoms with van der Waals surface area (Å²) in [5.74, 6) is -3.28. The number of esters is 1. The smallest absolute Gasteiger partial charge is 0.344 e. The van der Waals surface area contributed by atoms with Crippen LogP contribution in [0.15, 0.2) is 22.7 Å². The SMILES string of the molecule is Cc1noc(C)c1C(=O)OC(C)C(=O)Nc1c(F)cccc1F. The first kappa shape index (κ1) is 16.6. The number of nitrogens with one attached hydrogen (secondary N) is 1. The van der Waals surface area contributed by atoms with Crippen molar-refractivity contribution in [3.05, 3.63) is 46.9 Å². The molecule has 0 saturated carbocycles. The fourth-order valence-electron chi connectivity index (χ4n) is 1.89. The van der Waals surface area contributed by atoms with Gasteiger partial charge in [0.15, 0.2) is 6.10 Å². The zero-order chi connectivity index (χ0) is 17.1. The van der Waals surface area contributed by atoms with E-state index in [-0.39, 0.29) is 11.3 Å². The number of anilines is 1. The van der Waals surface area contributed by atoms with Gasteiger partial charge in [-0.1, -0.05) is 11.2 Å². The number of nitrogens with zero attached hydrogens (tertiary/aromatic N) is 1. The molecule has 2 rings (SSSR count). The van der Waals surface area contributed by atoms with E-state index in [0.29, 0.717) is 5.69 Å². The van der Waals surface area contributed by atoms with Crippen LogP contribution in [0.2, 0.25) is 0 Å². The van der Waals surface area contributed by atoms with E-state index < -0.39 is 35.3 Å². The second-order valence-corrected chi connectivity index (χ2v) is 4.83. The number of hydrogen-bond acceptors (Lipinski definition) is 5. The number of aromatic nitrogens is 1. The van der Waals surface area contributed by atoms with Crippen LogP contribution in [0.1, 0.15) is 28.7 Å². The Labute approximate surface area is 130 Å². The van der Waals surface area contributed by atoms with Gasteiger partial charge in [-0.25, -0.2) is 13.6 Å². The molecule has 23 heavy (non-hydrogen) atoms. The average molecular weight is 324 g/mol. The van der Waals surface area contributed by atoms with Crippen LogP contribution in [0.5, 0.6) is 0 Å². The lowest BCUT2D eigenvalue weighted by Crippen LogP contribution is -2.30. The van der Waals surface area contributed by atoms with Crippen molar-refractivity contribution < 1.29 is 27.6 Å². The van der Waals surface area contributed by atoms with Crippen molar-refractivity contribution in [2.75, 3.05) is 5.32 Å². The molecule has 1 unspecified atom stereocenters. The van der Waals surface area contributed by atoms with Crippen LogP contribution in [0.3, 0.4) is 0 Å². The Morgan fingerprint density at radius 1 is 1.26 bits per heavy atom. The quantitative estimate of drug-likeness (QED) is 0.875. The zero-order valence-electron chi connectivity index (χ0n) is 12.6. The number of carbonyl (C=O) groups is 2. The lowest BCUT2D eigenvalue weighted by atomic mass is 10.2. The maximum Gasteiger partial charge on any atom is 0.344 e. The molecule has 2 aromatic rings. The topological polar surface area (TPSA) is 81.4 Å². The highest BCUT2D eigenvalue weighted by Gasteiger charge is 2.25. The molecule has 0 aliphatic carbocycles. The molecule has 1 N–H and O–H groups in total. The fraction of sp³-hybridized carbons (Fsp3) is 0.267. The molecule has 6 nitrogen and oxygen atoms in total. The van der Waals surface area contributed by atoms with Gasteiger partial charge in [-0.3, -0.25) is 4.79 Å². The maximum absolute atomic E-state index is 13.5. The molecule has 1 aromatic heterocycles. The summed E-state index contributed by atoms with van der Waals surface area (Å²) in [5, 5.41) is 5.66. The normalized spacial score (nSPS) is 11.9. The lowest BCUT2D eigenvalue weighted by Gasteiger charge is -2.14. The fourth-order valence-corrected chi connectivity index (χ4v) is 1.89. The van der Waals surface area contributed by atoms with E-state index in [9.17, 15) is 18.4 Å². The number of carbonyl (C=O) groups excluding carboxylic acids is 2. The molecule has 0 spiro atoms. The van der Waals surface area contributed by atoms with Crippen LogP contribution < -0.4 is 5.32 Å². The number of rotatable bonds is 4. The summed E-state index contributed by atoms with van der Waals surface area (Å²) in [6, 6.07) is 3.17. The van der Waals surface area contributed by atoms with E-state index >= 15 is 0 Å². The Hall–Kier alpha value is -2.77. The van der Waals surface area contributed by atoms with E-state index in [1.54, 1.807) is 6.92 Å². The molecule has 1 amide bonds. The van der Waals surface area contributed by atoms with E-state index in [4.69, 9.17) is 9.26 Å². The first-order chi connectivity index (χ1) is 10.8. The maximum atomic E-state index is 13.5. The lowest BCUT2D eigenvalue weighted by molar-refractivity contribution is -0.123. The highest BCUT2D eigenvalue weighted by molar-refractivity contribution is 5.98. The van der Waals surface area contributed by atoms with Gasteiger partial charge in [-0.15, -0.1) is 0 Å². The third kappa shape index (κ3) is 3.53.